The molecule has 0 heterocycles. The molecule has 0 N–H and O–H groups in total. The van der Waals surface area contributed by atoms with E-state index in [0.717, 1.165) is 19.4 Å². The molecular weight excluding hydrogens is 272 g/mol. The average Bonchev–Trinajstić information content (AvgIpc) is 2.54. The monoisotopic (exact) mass is 314 g/mol. The van der Waals surface area contributed by atoms with Crippen LogP contribution in [0.4, 0.5) is 0 Å². The Bertz CT molecular complexity index is 194. The topological polar surface area (TPSA) is 18.5 Å². The van der Waals surface area contributed by atoms with E-state index >= 15 is 0 Å². The highest BCUT2D eigenvalue weighted by molar-refractivity contribution is 4.58. The first-order valence-corrected chi connectivity index (χ1v) is 10.1. The molecule has 1 atom stereocenters. The zero-order chi connectivity index (χ0) is 16.3. The van der Waals surface area contributed by atoms with E-state index < -0.39 is 0 Å². The second-order valence-electron chi connectivity index (χ2n) is 6.65. The zero-order valence-corrected chi connectivity index (χ0v) is 15.7. The van der Waals surface area contributed by atoms with Crippen molar-refractivity contribution in [2.75, 3.05) is 6.61 Å². The molecular formula is C20H42O2. The normalized spacial score (nSPS) is 12.7. The molecule has 0 aromatic rings. The second kappa shape index (κ2) is 19.0. The van der Waals surface area contributed by atoms with E-state index in [9.17, 15) is 0 Å². The van der Waals surface area contributed by atoms with Crippen LogP contribution in [0.2, 0.25) is 0 Å². The smallest absolute Gasteiger partial charge is 0.0930 e. The molecule has 0 saturated heterocycles. The molecule has 0 bridgehead atoms. The van der Waals surface area contributed by atoms with Gasteiger partial charge in [-0.2, -0.15) is 0 Å². The lowest BCUT2D eigenvalue weighted by Gasteiger charge is -2.16. The predicted molar refractivity (Wildman–Crippen MR) is 97.1 cm³/mol. The Labute approximate surface area is 140 Å². The van der Waals surface area contributed by atoms with E-state index in [1.807, 2.05) is 0 Å². The van der Waals surface area contributed by atoms with E-state index in [1.54, 1.807) is 0 Å². The fourth-order valence-corrected chi connectivity index (χ4v) is 2.70. The minimum Gasteiger partial charge on any atom is -0.236 e. The quantitative estimate of drug-likeness (QED) is 0.151. The van der Waals surface area contributed by atoms with Gasteiger partial charge in [0.05, 0.1) is 12.7 Å². The molecule has 0 amide bonds. The Morgan fingerprint density at radius 3 is 1.64 bits per heavy atom. The minimum atomic E-state index is 0.321. The Morgan fingerprint density at radius 1 is 0.545 bits per heavy atom. The van der Waals surface area contributed by atoms with Crippen LogP contribution >= 0.6 is 0 Å². The van der Waals surface area contributed by atoms with Crippen molar-refractivity contribution in [2.45, 2.75) is 123 Å². The number of hydrogen-bond acceptors (Lipinski definition) is 2. The maximum atomic E-state index is 5.62. The van der Waals surface area contributed by atoms with Crippen molar-refractivity contribution >= 4 is 0 Å². The standard InChI is InChI=1S/C20H42O2/c1-4-7-10-11-12-13-14-15-16-18-20(17-8-5-2)22-21-19-9-6-3/h20H,4-19H2,1-3H3. The molecule has 0 aromatic carbocycles. The molecule has 0 aliphatic heterocycles. The summed E-state index contributed by atoms with van der Waals surface area (Å²) in [6, 6.07) is 0. The summed E-state index contributed by atoms with van der Waals surface area (Å²) < 4.78 is 0. The van der Waals surface area contributed by atoms with Gasteiger partial charge in [0.25, 0.3) is 0 Å². The van der Waals surface area contributed by atoms with Gasteiger partial charge in [0, 0.05) is 0 Å². The van der Waals surface area contributed by atoms with Crippen LogP contribution in [0.3, 0.4) is 0 Å². The summed E-state index contributed by atoms with van der Waals surface area (Å²) >= 11 is 0. The maximum absolute atomic E-state index is 5.62. The third-order valence-corrected chi connectivity index (χ3v) is 4.29. The van der Waals surface area contributed by atoms with Crippen molar-refractivity contribution in [2.24, 2.45) is 0 Å². The van der Waals surface area contributed by atoms with E-state index in [-0.39, 0.29) is 0 Å². The van der Waals surface area contributed by atoms with Gasteiger partial charge in [-0.1, -0.05) is 97.8 Å². The summed E-state index contributed by atoms with van der Waals surface area (Å²) in [5.74, 6) is 0. The third kappa shape index (κ3) is 16.3. The largest absolute Gasteiger partial charge is 0.236 e. The van der Waals surface area contributed by atoms with E-state index in [0.29, 0.717) is 6.10 Å². The summed E-state index contributed by atoms with van der Waals surface area (Å²) in [5, 5.41) is 0. The predicted octanol–water partition coefficient (Wildman–Crippen LogP) is 7.21. The van der Waals surface area contributed by atoms with Crippen LogP contribution in [0, 0.1) is 0 Å². The molecule has 0 fully saturated rings. The number of unbranched alkanes of at least 4 members (excludes halogenated alkanes) is 10. The average molecular weight is 315 g/mol. The Kier molecular flexibility index (Phi) is 18.9. The van der Waals surface area contributed by atoms with Crippen molar-refractivity contribution in [1.82, 2.24) is 0 Å². The lowest BCUT2D eigenvalue weighted by atomic mass is 10.0. The summed E-state index contributed by atoms with van der Waals surface area (Å²) in [6.07, 6.45) is 19.9. The fourth-order valence-electron chi connectivity index (χ4n) is 2.70. The van der Waals surface area contributed by atoms with Crippen molar-refractivity contribution in [3.05, 3.63) is 0 Å². The molecule has 0 saturated carbocycles. The molecule has 0 aliphatic rings. The van der Waals surface area contributed by atoms with Crippen LogP contribution in [-0.2, 0) is 9.78 Å². The molecule has 0 rings (SSSR count). The van der Waals surface area contributed by atoms with Gasteiger partial charge < -0.3 is 0 Å². The molecule has 0 radical (unpaired) electrons. The molecule has 2 heteroatoms. The van der Waals surface area contributed by atoms with Crippen LogP contribution in [-0.4, -0.2) is 12.7 Å². The van der Waals surface area contributed by atoms with Crippen LogP contribution < -0.4 is 0 Å². The molecule has 1 unspecified atom stereocenters. The maximum Gasteiger partial charge on any atom is 0.0930 e. The van der Waals surface area contributed by atoms with Gasteiger partial charge in [-0.25, -0.2) is 9.78 Å². The van der Waals surface area contributed by atoms with Crippen LogP contribution in [0.15, 0.2) is 0 Å². The van der Waals surface area contributed by atoms with Crippen molar-refractivity contribution in [1.29, 1.82) is 0 Å². The molecule has 22 heavy (non-hydrogen) atoms. The molecule has 0 aliphatic carbocycles. The van der Waals surface area contributed by atoms with Crippen LogP contribution in [0.1, 0.15) is 117 Å². The summed E-state index contributed by atoms with van der Waals surface area (Å²) in [6.45, 7) is 7.45. The van der Waals surface area contributed by atoms with Crippen molar-refractivity contribution in [3.63, 3.8) is 0 Å². The van der Waals surface area contributed by atoms with Crippen LogP contribution in [0.25, 0.3) is 0 Å². The van der Waals surface area contributed by atoms with Gasteiger partial charge in [0.1, 0.15) is 0 Å². The molecule has 2 nitrogen and oxygen atoms in total. The van der Waals surface area contributed by atoms with E-state index in [1.165, 1.54) is 83.5 Å². The summed E-state index contributed by atoms with van der Waals surface area (Å²) in [7, 11) is 0. The molecule has 0 aromatic heterocycles. The van der Waals surface area contributed by atoms with Gasteiger partial charge in [0.15, 0.2) is 0 Å². The van der Waals surface area contributed by atoms with E-state index in [4.69, 9.17) is 9.78 Å². The fraction of sp³-hybridized carbons (Fsp3) is 1.00. The first-order valence-electron chi connectivity index (χ1n) is 10.1. The second-order valence-corrected chi connectivity index (χ2v) is 6.65. The highest BCUT2D eigenvalue weighted by atomic mass is 17.2. The minimum absolute atomic E-state index is 0.321. The van der Waals surface area contributed by atoms with Gasteiger partial charge in [-0.05, 0) is 19.3 Å². The van der Waals surface area contributed by atoms with Gasteiger partial charge in [0.2, 0.25) is 0 Å². The zero-order valence-electron chi connectivity index (χ0n) is 15.7. The van der Waals surface area contributed by atoms with Crippen molar-refractivity contribution < 1.29 is 9.78 Å². The third-order valence-electron chi connectivity index (χ3n) is 4.29. The summed E-state index contributed by atoms with van der Waals surface area (Å²) in [4.78, 5) is 11.0. The van der Waals surface area contributed by atoms with E-state index in [2.05, 4.69) is 20.8 Å². The Hall–Kier alpha value is -0.0800. The van der Waals surface area contributed by atoms with Crippen molar-refractivity contribution in [3.8, 4) is 0 Å². The number of hydrogen-bond donors (Lipinski definition) is 0. The Balaban J connectivity index is 3.48. The number of rotatable bonds is 18. The molecule has 0 spiro atoms. The highest BCUT2D eigenvalue weighted by Crippen LogP contribution is 2.16. The first kappa shape index (κ1) is 21.9. The lowest BCUT2D eigenvalue weighted by molar-refractivity contribution is -0.326. The van der Waals surface area contributed by atoms with Crippen LogP contribution in [0.5, 0.6) is 0 Å². The SMILES string of the molecule is CCCCCCCCCCCC(CCCC)OOCCCC. The summed E-state index contributed by atoms with van der Waals surface area (Å²) in [5.41, 5.74) is 0. The lowest BCUT2D eigenvalue weighted by Crippen LogP contribution is -2.14. The van der Waals surface area contributed by atoms with Gasteiger partial charge >= 0.3 is 0 Å². The first-order chi connectivity index (χ1) is 10.8. The molecule has 134 valence electrons. The van der Waals surface area contributed by atoms with Gasteiger partial charge in [-0.3, -0.25) is 0 Å². The Morgan fingerprint density at radius 2 is 1.05 bits per heavy atom. The van der Waals surface area contributed by atoms with Gasteiger partial charge in [-0.15, -0.1) is 0 Å². The highest BCUT2D eigenvalue weighted by Gasteiger charge is 2.09.